The number of aromatic nitrogens is 2. The van der Waals surface area contributed by atoms with Crippen molar-refractivity contribution in [3.8, 4) is 78.1 Å². The standard InChI is InChI=1S/C82H52N2/c1-3-20-54(21-4-1)79-66-28-7-11-32-70(66)81(71-33-12-8-29-67(71)79)56-40-38-53(39-41-56)59-45-49-77-74(51-59)64-27-16-18-37-76(64)84(77)62-25-19-24-58(50-62)60-44-48-65-63-26-15-17-36-75(63)83(78(65)52-60)61-46-42-57(43-47-61)82-72-34-13-9-30-68(72)80(55-22-5-2-6-23-55)69-31-10-14-35-73(69)82/h1-52H. The highest BCUT2D eigenvalue weighted by atomic mass is 15.0. The first-order valence-corrected chi connectivity index (χ1v) is 29.1. The Hall–Kier alpha value is -11.1. The number of rotatable bonds is 8. The van der Waals surface area contributed by atoms with Crippen molar-refractivity contribution in [2.75, 3.05) is 0 Å². The molecular formula is C82H52N2. The maximum absolute atomic E-state index is 2.45. The molecule has 0 aliphatic heterocycles. The Bertz CT molecular complexity index is 5340. The van der Waals surface area contributed by atoms with Crippen molar-refractivity contribution in [3.05, 3.63) is 315 Å². The van der Waals surface area contributed by atoms with Gasteiger partial charge >= 0.3 is 0 Å². The molecule has 0 atom stereocenters. The van der Waals surface area contributed by atoms with E-state index in [-0.39, 0.29) is 0 Å². The van der Waals surface area contributed by atoms with Crippen LogP contribution >= 0.6 is 0 Å². The first-order chi connectivity index (χ1) is 41.7. The summed E-state index contributed by atoms with van der Waals surface area (Å²) < 4.78 is 4.89. The van der Waals surface area contributed by atoms with Crippen LogP contribution in [0.3, 0.4) is 0 Å². The zero-order valence-corrected chi connectivity index (χ0v) is 45.9. The van der Waals surface area contributed by atoms with Gasteiger partial charge in [-0.3, -0.25) is 0 Å². The molecule has 0 unspecified atom stereocenters. The fraction of sp³-hybridized carbons (Fsp3) is 0. The highest BCUT2D eigenvalue weighted by molar-refractivity contribution is 6.23. The third-order valence-corrected chi connectivity index (χ3v) is 17.7. The molecule has 2 aromatic heterocycles. The van der Waals surface area contributed by atoms with Gasteiger partial charge in [-0.15, -0.1) is 0 Å². The fourth-order valence-electron chi connectivity index (χ4n) is 14.0. The van der Waals surface area contributed by atoms with E-state index in [1.165, 1.54) is 148 Å². The lowest BCUT2D eigenvalue weighted by Crippen LogP contribution is -1.95. The van der Waals surface area contributed by atoms with Crippen molar-refractivity contribution >= 4 is 86.7 Å². The fourth-order valence-corrected chi connectivity index (χ4v) is 14.0. The van der Waals surface area contributed by atoms with E-state index in [4.69, 9.17) is 0 Å². The molecule has 17 aromatic rings. The maximum Gasteiger partial charge on any atom is 0.0547 e. The maximum atomic E-state index is 2.45. The SMILES string of the molecule is c1ccc(-c2c3ccccc3c(-c3ccc(-c4ccc5c(c4)c4ccccc4n5-c4cccc(-c5ccc6c7ccccc7n(-c7ccc(-c8c9ccccc9c(-c9ccccc9)c9ccccc89)cc7)c6c5)c4)cc3)c3ccccc23)cc1. The van der Waals surface area contributed by atoms with Gasteiger partial charge in [-0.2, -0.15) is 0 Å². The topological polar surface area (TPSA) is 9.86 Å². The van der Waals surface area contributed by atoms with Gasteiger partial charge in [-0.25, -0.2) is 0 Å². The van der Waals surface area contributed by atoms with Crippen LogP contribution in [-0.4, -0.2) is 9.13 Å². The molecule has 17 rings (SSSR count). The van der Waals surface area contributed by atoms with E-state index >= 15 is 0 Å². The molecule has 0 amide bonds. The molecule has 0 saturated heterocycles. The van der Waals surface area contributed by atoms with Crippen LogP contribution in [0.5, 0.6) is 0 Å². The Morgan fingerprint density at radius 1 is 0.143 bits per heavy atom. The van der Waals surface area contributed by atoms with Gasteiger partial charge in [0.15, 0.2) is 0 Å². The van der Waals surface area contributed by atoms with Gasteiger partial charge < -0.3 is 9.13 Å². The molecule has 390 valence electrons. The summed E-state index contributed by atoms with van der Waals surface area (Å²) in [4.78, 5) is 0. The number of hydrogen-bond donors (Lipinski definition) is 0. The van der Waals surface area contributed by atoms with Gasteiger partial charge in [0.1, 0.15) is 0 Å². The van der Waals surface area contributed by atoms with Crippen LogP contribution in [0.15, 0.2) is 315 Å². The van der Waals surface area contributed by atoms with Gasteiger partial charge in [-0.1, -0.05) is 261 Å². The molecule has 0 N–H and O–H groups in total. The lowest BCUT2D eigenvalue weighted by Gasteiger charge is -2.18. The second kappa shape index (κ2) is 19.3. The second-order valence-electron chi connectivity index (χ2n) is 22.3. The second-order valence-corrected chi connectivity index (χ2v) is 22.3. The van der Waals surface area contributed by atoms with Gasteiger partial charge in [-0.05, 0) is 164 Å². The van der Waals surface area contributed by atoms with E-state index in [0.717, 1.165) is 16.9 Å². The van der Waals surface area contributed by atoms with Crippen LogP contribution in [0.25, 0.3) is 165 Å². The normalized spacial score (nSPS) is 11.8. The summed E-state index contributed by atoms with van der Waals surface area (Å²) in [5, 5.41) is 15.0. The van der Waals surface area contributed by atoms with Crippen molar-refractivity contribution in [2.45, 2.75) is 0 Å². The van der Waals surface area contributed by atoms with Gasteiger partial charge in [0.2, 0.25) is 0 Å². The van der Waals surface area contributed by atoms with E-state index in [1.807, 2.05) is 0 Å². The number of fused-ring (bicyclic) bond motifs is 10. The third kappa shape index (κ3) is 7.51. The average molecular weight is 1070 g/mol. The minimum Gasteiger partial charge on any atom is -0.309 e. The molecule has 84 heavy (non-hydrogen) atoms. The number of benzene rings is 15. The van der Waals surface area contributed by atoms with Crippen molar-refractivity contribution in [1.29, 1.82) is 0 Å². The summed E-state index contributed by atoms with van der Waals surface area (Å²) >= 11 is 0. The largest absolute Gasteiger partial charge is 0.309 e. The Balaban J connectivity index is 0.737. The summed E-state index contributed by atoms with van der Waals surface area (Å²) in [6.07, 6.45) is 0. The van der Waals surface area contributed by atoms with Crippen molar-refractivity contribution in [2.24, 2.45) is 0 Å². The van der Waals surface area contributed by atoms with Crippen LogP contribution in [0.1, 0.15) is 0 Å². The number of para-hydroxylation sites is 2. The van der Waals surface area contributed by atoms with Crippen LogP contribution in [0.4, 0.5) is 0 Å². The van der Waals surface area contributed by atoms with Crippen molar-refractivity contribution in [3.63, 3.8) is 0 Å². The molecule has 0 spiro atoms. The Labute approximate surface area is 486 Å². The summed E-state index contributed by atoms with van der Waals surface area (Å²) in [6, 6.07) is 116. The Morgan fingerprint density at radius 3 is 0.940 bits per heavy atom. The minimum absolute atomic E-state index is 1.13. The van der Waals surface area contributed by atoms with Gasteiger partial charge in [0.05, 0.1) is 22.1 Å². The molecule has 0 aliphatic rings. The third-order valence-electron chi connectivity index (χ3n) is 17.7. The van der Waals surface area contributed by atoms with Gasteiger partial charge in [0, 0.05) is 32.9 Å². The first kappa shape index (κ1) is 47.7. The molecule has 0 radical (unpaired) electrons. The highest BCUT2D eigenvalue weighted by Crippen LogP contribution is 2.47. The predicted molar refractivity (Wildman–Crippen MR) is 358 cm³/mol. The smallest absolute Gasteiger partial charge is 0.0547 e. The van der Waals surface area contributed by atoms with Crippen LogP contribution < -0.4 is 0 Å². The zero-order chi connectivity index (χ0) is 55.2. The number of hydrogen-bond acceptors (Lipinski definition) is 0. The summed E-state index contributed by atoms with van der Waals surface area (Å²) in [6.45, 7) is 0. The first-order valence-electron chi connectivity index (χ1n) is 29.1. The summed E-state index contributed by atoms with van der Waals surface area (Å²) in [7, 11) is 0. The molecule has 2 nitrogen and oxygen atoms in total. The Kier molecular flexibility index (Phi) is 11.0. The van der Waals surface area contributed by atoms with Crippen LogP contribution in [0.2, 0.25) is 0 Å². The highest BCUT2D eigenvalue weighted by Gasteiger charge is 2.21. The predicted octanol–water partition coefficient (Wildman–Crippen LogP) is 22.5. The number of nitrogens with zero attached hydrogens (tertiary/aromatic N) is 2. The van der Waals surface area contributed by atoms with E-state index in [2.05, 4.69) is 325 Å². The average Bonchev–Trinajstić information content (AvgIpc) is 2.88. The summed E-state index contributed by atoms with van der Waals surface area (Å²) in [5.74, 6) is 0. The molecule has 15 aromatic carbocycles. The quantitative estimate of drug-likeness (QED) is 0.134. The lowest BCUT2D eigenvalue weighted by atomic mass is 9.86. The minimum atomic E-state index is 1.13. The van der Waals surface area contributed by atoms with Crippen molar-refractivity contribution in [1.82, 2.24) is 9.13 Å². The van der Waals surface area contributed by atoms with Gasteiger partial charge in [0.25, 0.3) is 0 Å². The van der Waals surface area contributed by atoms with Crippen LogP contribution in [-0.2, 0) is 0 Å². The molecule has 2 heterocycles. The summed E-state index contributed by atoms with van der Waals surface area (Å²) in [5.41, 5.74) is 21.7. The lowest BCUT2D eigenvalue weighted by molar-refractivity contribution is 1.18. The van der Waals surface area contributed by atoms with E-state index in [1.54, 1.807) is 0 Å². The zero-order valence-electron chi connectivity index (χ0n) is 45.9. The van der Waals surface area contributed by atoms with Crippen molar-refractivity contribution < 1.29 is 0 Å². The monoisotopic (exact) mass is 1060 g/mol. The van der Waals surface area contributed by atoms with E-state index in [9.17, 15) is 0 Å². The molecule has 0 saturated carbocycles. The molecule has 0 fully saturated rings. The molecule has 2 heteroatoms. The Morgan fingerprint density at radius 2 is 0.452 bits per heavy atom. The molecule has 0 aliphatic carbocycles. The van der Waals surface area contributed by atoms with E-state index < -0.39 is 0 Å². The van der Waals surface area contributed by atoms with E-state index in [0.29, 0.717) is 0 Å². The molecule has 0 bridgehead atoms. The molecular weight excluding hydrogens is 1010 g/mol. The van der Waals surface area contributed by atoms with Crippen LogP contribution in [0, 0.1) is 0 Å².